The van der Waals surface area contributed by atoms with E-state index < -0.39 is 11.4 Å². The number of aromatic carboxylic acids is 1. The third-order valence-corrected chi connectivity index (χ3v) is 6.21. The number of benzene rings is 2. The summed E-state index contributed by atoms with van der Waals surface area (Å²) in [7, 11) is 0. The first-order chi connectivity index (χ1) is 13.5. The van der Waals surface area contributed by atoms with Gasteiger partial charge in [-0.15, -0.1) is 0 Å². The molecule has 1 amide bonds. The normalized spacial score (nSPS) is 18.7. The van der Waals surface area contributed by atoms with Gasteiger partial charge in [-0.25, -0.2) is 9.18 Å². The van der Waals surface area contributed by atoms with Crippen LogP contribution in [0, 0.1) is 11.7 Å². The Morgan fingerprint density at radius 1 is 1.04 bits per heavy atom. The summed E-state index contributed by atoms with van der Waals surface area (Å²) >= 11 is 0. The Bertz CT molecular complexity index is 898. The average Bonchev–Trinajstić information content (AvgIpc) is 3.50. The van der Waals surface area contributed by atoms with Crippen molar-refractivity contribution in [1.82, 2.24) is 4.90 Å². The number of nitrogens with zero attached hydrogens (tertiary/aromatic N) is 1. The van der Waals surface area contributed by atoms with E-state index in [2.05, 4.69) is 0 Å². The molecule has 0 aromatic heterocycles. The second-order valence-corrected chi connectivity index (χ2v) is 7.96. The summed E-state index contributed by atoms with van der Waals surface area (Å²) in [6, 6.07) is 13.7. The van der Waals surface area contributed by atoms with Crippen LogP contribution in [0.3, 0.4) is 0 Å². The molecule has 146 valence electrons. The summed E-state index contributed by atoms with van der Waals surface area (Å²) in [6.07, 6.45) is 3.81. The fraction of sp³-hybridized carbons (Fsp3) is 0.391. The molecular weight excluding hydrogens is 357 g/mol. The predicted octanol–water partition coefficient (Wildman–Crippen LogP) is 4.04. The van der Waals surface area contributed by atoms with E-state index in [1.54, 1.807) is 30.3 Å². The van der Waals surface area contributed by atoms with E-state index >= 15 is 0 Å². The standard InChI is InChI=1S/C23H24FNO3/c24-20-8-4-3-7-19(20)23(11-12-23)22(28)25-13-9-16(10-14-25)15-17-5-1-2-6-18(17)21(26)27/h1-8,16H,9-15H2,(H,26,27). The number of halogens is 1. The van der Waals surface area contributed by atoms with Crippen molar-refractivity contribution in [3.8, 4) is 0 Å². The number of likely N-dealkylation sites (tertiary alicyclic amines) is 1. The molecule has 2 fully saturated rings. The molecule has 1 saturated heterocycles. The minimum Gasteiger partial charge on any atom is -0.478 e. The Morgan fingerprint density at radius 2 is 1.68 bits per heavy atom. The smallest absolute Gasteiger partial charge is 0.335 e. The van der Waals surface area contributed by atoms with E-state index in [-0.39, 0.29) is 11.7 Å². The van der Waals surface area contributed by atoms with E-state index in [0.717, 1.165) is 18.4 Å². The second-order valence-electron chi connectivity index (χ2n) is 7.96. The van der Waals surface area contributed by atoms with Gasteiger partial charge in [-0.2, -0.15) is 0 Å². The van der Waals surface area contributed by atoms with Crippen molar-refractivity contribution in [2.45, 2.75) is 37.5 Å². The maximum absolute atomic E-state index is 14.2. The molecule has 2 aromatic carbocycles. The van der Waals surface area contributed by atoms with Crippen LogP contribution in [0.4, 0.5) is 4.39 Å². The molecule has 1 N–H and O–H groups in total. The van der Waals surface area contributed by atoms with Crippen LogP contribution in [0.1, 0.15) is 47.2 Å². The van der Waals surface area contributed by atoms with Gasteiger partial charge in [0.15, 0.2) is 0 Å². The van der Waals surface area contributed by atoms with Crippen LogP contribution in [-0.4, -0.2) is 35.0 Å². The number of carbonyl (C=O) groups excluding carboxylic acids is 1. The summed E-state index contributed by atoms with van der Waals surface area (Å²) in [4.78, 5) is 26.4. The molecule has 5 heteroatoms. The van der Waals surface area contributed by atoms with Crippen LogP contribution in [0.15, 0.2) is 48.5 Å². The van der Waals surface area contributed by atoms with Gasteiger partial charge in [0.25, 0.3) is 0 Å². The molecule has 1 aliphatic heterocycles. The zero-order chi connectivity index (χ0) is 19.7. The number of carboxylic acids is 1. The molecule has 28 heavy (non-hydrogen) atoms. The van der Waals surface area contributed by atoms with Crippen molar-refractivity contribution in [3.05, 3.63) is 71.0 Å². The van der Waals surface area contributed by atoms with E-state index in [1.807, 2.05) is 17.0 Å². The summed E-state index contributed by atoms with van der Waals surface area (Å²) in [5.74, 6) is -0.799. The van der Waals surface area contributed by atoms with Crippen molar-refractivity contribution < 1.29 is 19.1 Å². The Morgan fingerprint density at radius 3 is 2.32 bits per heavy atom. The summed E-state index contributed by atoms with van der Waals surface area (Å²) in [5, 5.41) is 9.35. The fourth-order valence-electron chi connectivity index (χ4n) is 4.43. The minimum absolute atomic E-state index is 0.0435. The highest BCUT2D eigenvalue weighted by atomic mass is 19.1. The maximum atomic E-state index is 14.2. The van der Waals surface area contributed by atoms with Gasteiger partial charge in [-0.1, -0.05) is 36.4 Å². The van der Waals surface area contributed by atoms with Gasteiger partial charge in [0.2, 0.25) is 5.91 Å². The zero-order valence-electron chi connectivity index (χ0n) is 15.7. The Labute approximate surface area is 164 Å². The molecule has 1 aliphatic carbocycles. The van der Waals surface area contributed by atoms with Crippen molar-refractivity contribution in [1.29, 1.82) is 0 Å². The first-order valence-corrected chi connectivity index (χ1v) is 9.87. The van der Waals surface area contributed by atoms with Gasteiger partial charge >= 0.3 is 5.97 Å². The molecule has 2 aliphatic rings. The second kappa shape index (κ2) is 7.38. The number of hydrogen-bond acceptors (Lipinski definition) is 2. The topological polar surface area (TPSA) is 57.6 Å². The number of carbonyl (C=O) groups is 2. The molecule has 2 aromatic rings. The number of amides is 1. The number of piperidine rings is 1. The molecule has 4 rings (SSSR count). The molecule has 1 heterocycles. The molecular formula is C23H24FNO3. The highest BCUT2D eigenvalue weighted by Crippen LogP contribution is 2.50. The molecule has 1 saturated carbocycles. The lowest BCUT2D eigenvalue weighted by Crippen LogP contribution is -2.44. The maximum Gasteiger partial charge on any atom is 0.335 e. The first kappa shape index (κ1) is 18.7. The van der Waals surface area contributed by atoms with E-state index in [0.29, 0.717) is 49.4 Å². The van der Waals surface area contributed by atoms with Crippen LogP contribution in [0.2, 0.25) is 0 Å². The third kappa shape index (κ3) is 3.41. The van der Waals surface area contributed by atoms with Gasteiger partial charge in [0, 0.05) is 18.7 Å². The van der Waals surface area contributed by atoms with E-state index in [4.69, 9.17) is 0 Å². The van der Waals surface area contributed by atoms with Gasteiger partial charge < -0.3 is 10.0 Å². The van der Waals surface area contributed by atoms with E-state index in [9.17, 15) is 19.1 Å². The first-order valence-electron chi connectivity index (χ1n) is 9.87. The van der Waals surface area contributed by atoms with Crippen molar-refractivity contribution in [2.75, 3.05) is 13.1 Å². The molecule has 0 spiro atoms. The lowest BCUT2D eigenvalue weighted by molar-refractivity contribution is -0.135. The Kier molecular flexibility index (Phi) is 4.92. The van der Waals surface area contributed by atoms with Crippen molar-refractivity contribution in [2.24, 2.45) is 5.92 Å². The van der Waals surface area contributed by atoms with Gasteiger partial charge in [-0.05, 0) is 55.7 Å². The molecule has 0 radical (unpaired) electrons. The highest BCUT2D eigenvalue weighted by molar-refractivity contribution is 5.91. The van der Waals surface area contributed by atoms with E-state index in [1.165, 1.54) is 6.07 Å². The SMILES string of the molecule is O=C(O)c1ccccc1CC1CCN(C(=O)C2(c3ccccc3F)CC2)CC1. The monoisotopic (exact) mass is 381 g/mol. The summed E-state index contributed by atoms with van der Waals surface area (Å²) in [5.41, 5.74) is 1.06. The number of rotatable bonds is 5. The lowest BCUT2D eigenvalue weighted by Gasteiger charge is -2.35. The molecule has 0 atom stereocenters. The average molecular weight is 381 g/mol. The Balaban J connectivity index is 1.40. The Hall–Kier alpha value is -2.69. The van der Waals surface area contributed by atoms with Gasteiger partial charge in [0.1, 0.15) is 5.82 Å². The quantitative estimate of drug-likeness (QED) is 0.851. The molecule has 0 unspecified atom stereocenters. The lowest BCUT2D eigenvalue weighted by atomic mass is 9.87. The van der Waals surface area contributed by atoms with Crippen LogP contribution in [0.5, 0.6) is 0 Å². The van der Waals surface area contributed by atoms with Gasteiger partial charge in [0.05, 0.1) is 11.0 Å². The fourth-order valence-corrected chi connectivity index (χ4v) is 4.43. The van der Waals surface area contributed by atoms with Crippen LogP contribution in [-0.2, 0) is 16.6 Å². The summed E-state index contributed by atoms with van der Waals surface area (Å²) < 4.78 is 14.2. The van der Waals surface area contributed by atoms with Crippen LogP contribution < -0.4 is 0 Å². The van der Waals surface area contributed by atoms with Crippen LogP contribution in [0.25, 0.3) is 0 Å². The molecule has 0 bridgehead atoms. The van der Waals surface area contributed by atoms with Crippen molar-refractivity contribution >= 4 is 11.9 Å². The largest absolute Gasteiger partial charge is 0.478 e. The zero-order valence-corrected chi connectivity index (χ0v) is 15.7. The minimum atomic E-state index is -0.899. The number of carboxylic acid groups (broad SMARTS) is 1. The van der Waals surface area contributed by atoms with Crippen molar-refractivity contribution in [3.63, 3.8) is 0 Å². The third-order valence-electron chi connectivity index (χ3n) is 6.21. The van der Waals surface area contributed by atoms with Gasteiger partial charge in [-0.3, -0.25) is 4.79 Å². The number of hydrogen-bond donors (Lipinski definition) is 1. The summed E-state index contributed by atoms with van der Waals surface area (Å²) in [6.45, 7) is 1.30. The molecule has 4 nitrogen and oxygen atoms in total. The predicted molar refractivity (Wildman–Crippen MR) is 104 cm³/mol. The van der Waals surface area contributed by atoms with Crippen LogP contribution >= 0.6 is 0 Å². The highest BCUT2D eigenvalue weighted by Gasteiger charge is 2.54.